The first-order chi connectivity index (χ1) is 11.7. The first-order valence-corrected chi connectivity index (χ1v) is 8.56. The van der Waals surface area contributed by atoms with Crippen molar-refractivity contribution in [3.63, 3.8) is 0 Å². The molecule has 8 heteroatoms. The third-order valence-corrected chi connectivity index (χ3v) is 4.41. The number of rotatable bonds is 9. The van der Waals surface area contributed by atoms with Gasteiger partial charge in [0.2, 0.25) is 0 Å². The van der Waals surface area contributed by atoms with Crippen LogP contribution >= 0.6 is 11.8 Å². The predicted octanol–water partition coefficient (Wildman–Crippen LogP) is 1.53. The van der Waals surface area contributed by atoms with Crippen molar-refractivity contribution in [3.8, 4) is 5.75 Å². The van der Waals surface area contributed by atoms with Crippen LogP contribution in [0.1, 0.15) is 16.2 Å². The number of amides is 1. The Labute approximate surface area is 145 Å². The summed E-state index contributed by atoms with van der Waals surface area (Å²) in [4.78, 5) is 12.1. The van der Waals surface area contributed by atoms with E-state index in [4.69, 9.17) is 9.47 Å². The fourth-order valence-corrected chi connectivity index (χ4v) is 2.87. The lowest BCUT2D eigenvalue weighted by Crippen LogP contribution is -2.26. The number of aromatic nitrogens is 3. The van der Waals surface area contributed by atoms with Gasteiger partial charge >= 0.3 is 0 Å². The van der Waals surface area contributed by atoms with E-state index >= 15 is 0 Å². The molecule has 0 radical (unpaired) electrons. The van der Waals surface area contributed by atoms with Gasteiger partial charge in [-0.2, -0.15) is 0 Å². The summed E-state index contributed by atoms with van der Waals surface area (Å²) in [6.07, 6.45) is 0.621. The van der Waals surface area contributed by atoms with Crippen molar-refractivity contribution in [1.82, 2.24) is 20.1 Å². The zero-order valence-corrected chi connectivity index (χ0v) is 14.9. The highest BCUT2D eigenvalue weighted by Crippen LogP contribution is 2.15. The van der Waals surface area contributed by atoms with Gasteiger partial charge in [0, 0.05) is 38.4 Å². The highest BCUT2D eigenvalue weighted by Gasteiger charge is 2.10. The summed E-state index contributed by atoms with van der Waals surface area (Å²) in [5, 5.41) is 12.1. The van der Waals surface area contributed by atoms with E-state index in [0.29, 0.717) is 25.1 Å². The molecule has 0 atom stereocenters. The molecule has 0 saturated carbocycles. The minimum absolute atomic E-state index is 0.116. The van der Waals surface area contributed by atoms with Crippen LogP contribution in [0.2, 0.25) is 0 Å². The number of carbonyl (C=O) groups excluding carboxylic acids is 1. The maximum Gasteiger partial charge on any atom is 0.251 e. The second-order valence-corrected chi connectivity index (χ2v) is 6.10. The molecule has 0 unspecified atom stereocenters. The Hall–Kier alpha value is -2.06. The molecule has 130 valence electrons. The van der Waals surface area contributed by atoms with Crippen LogP contribution in [-0.4, -0.2) is 53.8 Å². The normalized spacial score (nSPS) is 10.6. The number of hydrogen-bond acceptors (Lipinski definition) is 6. The molecule has 1 N–H and O–H groups in total. The van der Waals surface area contributed by atoms with Crippen molar-refractivity contribution in [2.24, 2.45) is 7.05 Å². The van der Waals surface area contributed by atoms with Gasteiger partial charge in [0.1, 0.15) is 11.6 Å². The third-order valence-electron chi connectivity index (χ3n) is 3.43. The van der Waals surface area contributed by atoms with Crippen LogP contribution in [0.5, 0.6) is 5.75 Å². The molecule has 24 heavy (non-hydrogen) atoms. The van der Waals surface area contributed by atoms with E-state index in [1.807, 2.05) is 11.6 Å². The first-order valence-electron chi connectivity index (χ1n) is 7.58. The Balaban J connectivity index is 1.81. The number of benzene rings is 1. The number of carbonyl (C=O) groups is 1. The predicted molar refractivity (Wildman–Crippen MR) is 92.6 cm³/mol. The van der Waals surface area contributed by atoms with E-state index in [9.17, 15) is 4.79 Å². The largest absolute Gasteiger partial charge is 0.497 e. The minimum Gasteiger partial charge on any atom is -0.497 e. The molecule has 1 aromatic carbocycles. The number of thioether (sulfide) groups is 1. The summed E-state index contributed by atoms with van der Waals surface area (Å²) in [7, 11) is 5.20. The first kappa shape index (κ1) is 18.3. The van der Waals surface area contributed by atoms with Gasteiger partial charge in [-0.25, -0.2) is 0 Å². The lowest BCUT2D eigenvalue weighted by atomic mass is 10.2. The molecule has 0 spiro atoms. The summed E-state index contributed by atoms with van der Waals surface area (Å²) in [5.74, 6) is 2.28. The summed E-state index contributed by atoms with van der Waals surface area (Å²) >= 11 is 1.60. The molecule has 1 heterocycles. The molecule has 0 aliphatic heterocycles. The number of methoxy groups -OCH3 is 2. The highest BCUT2D eigenvalue weighted by molar-refractivity contribution is 7.99. The average Bonchev–Trinajstić information content (AvgIpc) is 2.95. The highest BCUT2D eigenvalue weighted by atomic mass is 32.2. The van der Waals surface area contributed by atoms with Gasteiger partial charge in [-0.3, -0.25) is 4.79 Å². The van der Waals surface area contributed by atoms with Crippen LogP contribution in [0.4, 0.5) is 0 Å². The Morgan fingerprint density at radius 2 is 2.00 bits per heavy atom. The van der Waals surface area contributed by atoms with E-state index < -0.39 is 0 Å². The van der Waals surface area contributed by atoms with Crippen molar-refractivity contribution >= 4 is 17.7 Å². The standard InChI is InChI=1S/C16H22N4O3S/c1-20-14(18-19-16(20)24-11-10-22-2)8-9-17-15(21)12-4-6-13(23-3)7-5-12/h4-7H,8-11H2,1-3H3,(H,17,21). The van der Waals surface area contributed by atoms with Gasteiger partial charge in [0.25, 0.3) is 5.91 Å². The molecule has 7 nitrogen and oxygen atoms in total. The minimum atomic E-state index is -0.116. The Kier molecular flexibility index (Phi) is 7.07. The molecule has 2 aromatic rings. The van der Waals surface area contributed by atoms with E-state index in [2.05, 4.69) is 15.5 Å². The average molecular weight is 350 g/mol. The molecular weight excluding hydrogens is 328 g/mol. The summed E-state index contributed by atoms with van der Waals surface area (Å²) in [6.45, 7) is 1.17. The molecule has 0 saturated heterocycles. The second kappa shape index (κ2) is 9.29. The lowest BCUT2D eigenvalue weighted by molar-refractivity contribution is 0.0954. The van der Waals surface area contributed by atoms with E-state index in [0.717, 1.165) is 22.5 Å². The molecule has 0 bridgehead atoms. The van der Waals surface area contributed by atoms with E-state index in [-0.39, 0.29) is 5.91 Å². The Bertz CT molecular complexity index is 658. The second-order valence-electron chi connectivity index (χ2n) is 5.03. The number of nitrogens with zero attached hydrogens (tertiary/aromatic N) is 3. The maximum absolute atomic E-state index is 12.1. The lowest BCUT2D eigenvalue weighted by Gasteiger charge is -2.06. The van der Waals surface area contributed by atoms with Crippen LogP contribution < -0.4 is 10.1 Å². The molecule has 1 aromatic heterocycles. The van der Waals surface area contributed by atoms with Gasteiger partial charge in [0.15, 0.2) is 5.16 Å². The van der Waals surface area contributed by atoms with Crippen LogP contribution in [-0.2, 0) is 18.2 Å². The molecule has 0 aliphatic carbocycles. The van der Waals surface area contributed by atoms with Crippen molar-refractivity contribution in [2.75, 3.05) is 33.1 Å². The summed E-state index contributed by atoms with van der Waals surface area (Å²) in [6, 6.07) is 7.00. The number of ether oxygens (including phenoxy) is 2. The smallest absolute Gasteiger partial charge is 0.251 e. The molecule has 2 rings (SSSR count). The Morgan fingerprint density at radius 3 is 2.67 bits per heavy atom. The summed E-state index contributed by atoms with van der Waals surface area (Å²) < 4.78 is 12.0. The van der Waals surface area contributed by atoms with Crippen LogP contribution in [0.15, 0.2) is 29.4 Å². The maximum atomic E-state index is 12.1. The quantitative estimate of drug-likeness (QED) is 0.546. The fourth-order valence-electron chi connectivity index (χ4n) is 2.04. The van der Waals surface area contributed by atoms with Gasteiger partial charge in [-0.15, -0.1) is 10.2 Å². The summed E-state index contributed by atoms with van der Waals surface area (Å²) in [5.41, 5.74) is 0.601. The SMILES string of the molecule is COCCSc1nnc(CCNC(=O)c2ccc(OC)cc2)n1C. The van der Waals surface area contributed by atoms with Gasteiger partial charge in [-0.05, 0) is 24.3 Å². The van der Waals surface area contributed by atoms with Crippen LogP contribution in [0.25, 0.3) is 0 Å². The molecular formula is C16H22N4O3S. The van der Waals surface area contributed by atoms with Gasteiger partial charge < -0.3 is 19.4 Å². The zero-order valence-electron chi connectivity index (χ0n) is 14.1. The molecule has 0 fully saturated rings. The van der Waals surface area contributed by atoms with E-state index in [1.165, 1.54) is 0 Å². The molecule has 1 amide bonds. The van der Waals surface area contributed by atoms with Crippen LogP contribution in [0.3, 0.4) is 0 Å². The zero-order chi connectivity index (χ0) is 17.4. The van der Waals surface area contributed by atoms with Gasteiger partial charge in [-0.1, -0.05) is 11.8 Å². The monoisotopic (exact) mass is 350 g/mol. The number of hydrogen-bond donors (Lipinski definition) is 1. The van der Waals surface area contributed by atoms with Crippen molar-refractivity contribution in [1.29, 1.82) is 0 Å². The van der Waals surface area contributed by atoms with Crippen molar-refractivity contribution in [2.45, 2.75) is 11.6 Å². The van der Waals surface area contributed by atoms with Crippen molar-refractivity contribution in [3.05, 3.63) is 35.7 Å². The Morgan fingerprint density at radius 1 is 1.25 bits per heavy atom. The third kappa shape index (κ3) is 4.97. The van der Waals surface area contributed by atoms with Gasteiger partial charge in [0.05, 0.1) is 13.7 Å². The van der Waals surface area contributed by atoms with E-state index in [1.54, 1.807) is 50.2 Å². The van der Waals surface area contributed by atoms with Crippen LogP contribution in [0, 0.1) is 0 Å². The number of nitrogens with one attached hydrogen (secondary N) is 1. The topological polar surface area (TPSA) is 78.3 Å². The molecule has 0 aliphatic rings. The fraction of sp³-hybridized carbons (Fsp3) is 0.438. The van der Waals surface area contributed by atoms with Crippen molar-refractivity contribution < 1.29 is 14.3 Å².